The van der Waals surface area contributed by atoms with E-state index < -0.39 is 0 Å². The van der Waals surface area contributed by atoms with Gasteiger partial charge in [0.05, 0.1) is 27.8 Å². The summed E-state index contributed by atoms with van der Waals surface area (Å²) < 4.78 is 4.50. The van der Waals surface area contributed by atoms with Crippen LogP contribution < -0.4 is 0 Å². The highest BCUT2D eigenvalue weighted by molar-refractivity contribution is 6.15. The van der Waals surface area contributed by atoms with Crippen molar-refractivity contribution in [2.45, 2.75) is 0 Å². The van der Waals surface area contributed by atoms with Crippen molar-refractivity contribution in [3.05, 3.63) is 164 Å². The molecule has 10 aromatic rings. The van der Waals surface area contributed by atoms with Crippen LogP contribution in [0.3, 0.4) is 0 Å². The number of aromatic nitrogens is 5. The number of hydrogen-bond donors (Lipinski definition) is 0. The lowest BCUT2D eigenvalue weighted by Gasteiger charge is -2.12. The van der Waals surface area contributed by atoms with E-state index >= 15 is 0 Å². The third kappa shape index (κ3) is 3.94. The van der Waals surface area contributed by atoms with Crippen LogP contribution in [-0.4, -0.2) is 24.1 Å². The van der Waals surface area contributed by atoms with Gasteiger partial charge in [-0.15, -0.1) is 0 Å². The number of hydrogen-bond acceptors (Lipinski definition) is 3. The zero-order chi connectivity index (χ0) is 31.6. The zero-order valence-electron chi connectivity index (χ0n) is 25.8. The lowest BCUT2D eigenvalue weighted by atomic mass is 10.00. The maximum atomic E-state index is 5.25. The van der Waals surface area contributed by atoms with Crippen LogP contribution in [0.5, 0.6) is 0 Å². The quantitative estimate of drug-likeness (QED) is 0.198. The van der Waals surface area contributed by atoms with E-state index in [0.29, 0.717) is 5.95 Å². The van der Waals surface area contributed by atoms with E-state index in [0.717, 1.165) is 77.3 Å². The molecule has 0 saturated carbocycles. The maximum Gasteiger partial charge on any atom is 0.235 e. The molecule has 6 aromatic carbocycles. The van der Waals surface area contributed by atoms with E-state index in [4.69, 9.17) is 15.0 Å². The average molecular weight is 614 g/mol. The first-order valence-electron chi connectivity index (χ1n) is 16.1. The predicted molar refractivity (Wildman–Crippen MR) is 197 cm³/mol. The maximum absolute atomic E-state index is 5.25. The fraction of sp³-hybridized carbons (Fsp3) is 0. The summed E-state index contributed by atoms with van der Waals surface area (Å²) in [6.45, 7) is 0. The van der Waals surface area contributed by atoms with Crippen molar-refractivity contribution in [2.24, 2.45) is 0 Å². The number of pyridine rings is 1. The summed E-state index contributed by atoms with van der Waals surface area (Å²) in [4.78, 5) is 15.2. The second-order valence-corrected chi connectivity index (χ2v) is 12.1. The summed E-state index contributed by atoms with van der Waals surface area (Å²) >= 11 is 0. The third-order valence-electron chi connectivity index (χ3n) is 9.38. The van der Waals surface area contributed by atoms with Crippen molar-refractivity contribution >= 4 is 54.6 Å². The van der Waals surface area contributed by atoms with E-state index in [9.17, 15) is 0 Å². The van der Waals surface area contributed by atoms with Gasteiger partial charge in [-0.2, -0.15) is 0 Å². The topological polar surface area (TPSA) is 48.5 Å². The molecule has 0 spiro atoms. The fourth-order valence-corrected chi connectivity index (χ4v) is 7.29. The molecule has 0 amide bonds. The minimum atomic E-state index is 0.656. The highest BCUT2D eigenvalue weighted by Crippen LogP contribution is 2.40. The number of benzene rings is 6. The van der Waals surface area contributed by atoms with Gasteiger partial charge in [0, 0.05) is 49.9 Å². The van der Waals surface area contributed by atoms with Crippen LogP contribution in [0.1, 0.15) is 0 Å². The van der Waals surface area contributed by atoms with Crippen LogP contribution in [0, 0.1) is 0 Å². The number of fused-ring (bicyclic) bond motifs is 7. The molecule has 0 aliphatic carbocycles. The van der Waals surface area contributed by atoms with Gasteiger partial charge in [-0.05, 0) is 54.1 Å². The Bertz CT molecular complexity index is 2830. The average Bonchev–Trinajstić information content (AvgIpc) is 3.68. The lowest BCUT2D eigenvalue weighted by molar-refractivity contribution is 1.01. The largest absolute Gasteiger partial charge is 0.293 e. The molecule has 0 unspecified atom stereocenters. The normalized spacial score (nSPS) is 11.8. The van der Waals surface area contributed by atoms with Crippen molar-refractivity contribution in [2.75, 3.05) is 0 Å². The van der Waals surface area contributed by atoms with Crippen LogP contribution in [0.15, 0.2) is 164 Å². The van der Waals surface area contributed by atoms with E-state index in [1.807, 2.05) is 30.5 Å². The van der Waals surface area contributed by atoms with Gasteiger partial charge in [0.15, 0.2) is 0 Å². The van der Waals surface area contributed by atoms with Crippen LogP contribution in [0.2, 0.25) is 0 Å². The molecule has 4 heterocycles. The number of para-hydroxylation sites is 4. The first-order valence-corrected chi connectivity index (χ1v) is 16.1. The molecule has 10 rings (SSSR count). The van der Waals surface area contributed by atoms with Gasteiger partial charge in [-0.25, -0.2) is 15.0 Å². The Morgan fingerprint density at radius 3 is 2.02 bits per heavy atom. The summed E-state index contributed by atoms with van der Waals surface area (Å²) in [5.41, 5.74) is 10.5. The van der Waals surface area contributed by atoms with Crippen molar-refractivity contribution in [3.63, 3.8) is 0 Å². The molecule has 0 aliphatic rings. The van der Waals surface area contributed by atoms with E-state index in [-0.39, 0.29) is 0 Å². The number of nitrogens with zero attached hydrogens (tertiary/aromatic N) is 5. The molecule has 48 heavy (non-hydrogen) atoms. The predicted octanol–water partition coefficient (Wildman–Crippen LogP) is 10.6. The third-order valence-corrected chi connectivity index (χ3v) is 9.38. The van der Waals surface area contributed by atoms with Crippen LogP contribution in [0.25, 0.3) is 88.7 Å². The minimum Gasteiger partial charge on any atom is -0.293 e. The Balaban J connectivity index is 1.25. The van der Waals surface area contributed by atoms with Gasteiger partial charge < -0.3 is 0 Å². The van der Waals surface area contributed by atoms with E-state index in [1.165, 1.54) is 5.39 Å². The zero-order valence-corrected chi connectivity index (χ0v) is 25.8. The number of rotatable bonds is 4. The summed E-state index contributed by atoms with van der Waals surface area (Å²) in [6, 6.07) is 55.2. The first-order chi connectivity index (χ1) is 23.8. The van der Waals surface area contributed by atoms with E-state index in [2.05, 4.69) is 143 Å². The lowest BCUT2D eigenvalue weighted by Crippen LogP contribution is -2.03. The summed E-state index contributed by atoms with van der Waals surface area (Å²) in [5, 5.41) is 5.66. The van der Waals surface area contributed by atoms with Crippen LogP contribution in [-0.2, 0) is 0 Å². The van der Waals surface area contributed by atoms with Crippen molar-refractivity contribution < 1.29 is 0 Å². The van der Waals surface area contributed by atoms with Gasteiger partial charge in [-0.1, -0.05) is 109 Å². The van der Waals surface area contributed by atoms with Crippen LogP contribution in [0.4, 0.5) is 0 Å². The molecular formula is C43H27N5. The Morgan fingerprint density at radius 2 is 1.15 bits per heavy atom. The summed E-state index contributed by atoms with van der Waals surface area (Å²) in [5.74, 6) is 0.656. The highest BCUT2D eigenvalue weighted by atomic mass is 15.2. The monoisotopic (exact) mass is 613 g/mol. The highest BCUT2D eigenvalue weighted by Gasteiger charge is 2.20. The van der Waals surface area contributed by atoms with Crippen molar-refractivity contribution in [1.82, 2.24) is 24.1 Å². The molecule has 0 aliphatic heterocycles. The van der Waals surface area contributed by atoms with Gasteiger partial charge in [-0.3, -0.25) is 9.13 Å². The SMILES string of the molecule is c1ccc(-c2nc(-n3c4ccccc4c4cc(-c5cccc6c7cccnc7n(-c7ccccc7)c56)ccc43)nc3ccccc23)cc1. The van der Waals surface area contributed by atoms with E-state index in [1.54, 1.807) is 0 Å². The summed E-state index contributed by atoms with van der Waals surface area (Å²) in [7, 11) is 0. The first kappa shape index (κ1) is 26.6. The molecule has 0 atom stereocenters. The molecule has 224 valence electrons. The second-order valence-electron chi connectivity index (χ2n) is 12.1. The molecule has 4 aromatic heterocycles. The minimum absolute atomic E-state index is 0.656. The summed E-state index contributed by atoms with van der Waals surface area (Å²) in [6.07, 6.45) is 1.87. The molecule has 0 radical (unpaired) electrons. The molecule has 0 N–H and O–H groups in total. The Labute approximate surface area is 276 Å². The second kappa shape index (κ2) is 10.5. The van der Waals surface area contributed by atoms with Crippen LogP contribution >= 0.6 is 0 Å². The molecule has 0 fully saturated rings. The van der Waals surface area contributed by atoms with Gasteiger partial charge in [0.1, 0.15) is 5.65 Å². The van der Waals surface area contributed by atoms with Gasteiger partial charge >= 0.3 is 0 Å². The Hall–Kier alpha value is -6.59. The Morgan fingerprint density at radius 1 is 0.438 bits per heavy atom. The van der Waals surface area contributed by atoms with Gasteiger partial charge in [0.2, 0.25) is 5.95 Å². The molecular weight excluding hydrogens is 587 g/mol. The van der Waals surface area contributed by atoms with Crippen molar-refractivity contribution in [1.29, 1.82) is 0 Å². The molecule has 0 saturated heterocycles. The molecule has 0 bridgehead atoms. The Kier molecular flexibility index (Phi) is 5.81. The molecule has 5 nitrogen and oxygen atoms in total. The fourth-order valence-electron chi connectivity index (χ4n) is 7.29. The smallest absolute Gasteiger partial charge is 0.235 e. The molecule has 5 heteroatoms. The van der Waals surface area contributed by atoms with Gasteiger partial charge in [0.25, 0.3) is 0 Å². The standard InChI is InChI=1S/C43H27N5/c1-3-13-28(14-4-1)40-35-18-7-9-22-37(35)45-43(46-40)48-38-23-10-8-17-32(38)36-27-29(24-25-39(36)48)31-19-11-20-33-34-21-12-26-44-42(34)47(41(31)33)30-15-5-2-6-16-30/h1-27H. The van der Waals surface area contributed by atoms with Crippen molar-refractivity contribution in [3.8, 4) is 34.0 Å².